The number of likely N-dealkylation sites (tertiary alicyclic amines) is 2. The van der Waals surface area contributed by atoms with Gasteiger partial charge in [-0.05, 0) is 54.5 Å². The maximum Gasteiger partial charge on any atom is 0.225 e. The summed E-state index contributed by atoms with van der Waals surface area (Å²) in [6.07, 6.45) is 12.9. The maximum absolute atomic E-state index is 13.4. The van der Waals surface area contributed by atoms with Gasteiger partial charge in [0.2, 0.25) is 5.91 Å². The van der Waals surface area contributed by atoms with E-state index in [9.17, 15) is 4.79 Å². The lowest BCUT2D eigenvalue weighted by atomic mass is 9.82. The van der Waals surface area contributed by atoms with Gasteiger partial charge in [0.15, 0.2) is 0 Å². The van der Waals surface area contributed by atoms with E-state index in [4.69, 9.17) is 0 Å². The van der Waals surface area contributed by atoms with Gasteiger partial charge < -0.3 is 4.90 Å². The Balaban J connectivity index is 1.36. The molecule has 0 spiro atoms. The highest BCUT2D eigenvalue weighted by Crippen LogP contribution is 2.44. The molecule has 2 aliphatic heterocycles. The minimum Gasteiger partial charge on any atom is -0.338 e. The lowest BCUT2D eigenvalue weighted by molar-refractivity contribution is -0.138. The van der Waals surface area contributed by atoms with Crippen molar-refractivity contribution in [2.75, 3.05) is 19.6 Å². The monoisotopic (exact) mass is 386 g/mol. The average Bonchev–Trinajstić information content (AvgIpc) is 3.47. The molecule has 5 rings (SSSR count). The molecule has 27 heavy (non-hydrogen) atoms. The van der Waals surface area contributed by atoms with Crippen LogP contribution in [0.1, 0.15) is 75.7 Å². The van der Waals surface area contributed by atoms with Crippen LogP contribution in [0.4, 0.5) is 0 Å². The lowest BCUT2D eigenvalue weighted by Crippen LogP contribution is -2.51. The van der Waals surface area contributed by atoms with E-state index in [-0.39, 0.29) is 0 Å². The van der Waals surface area contributed by atoms with Gasteiger partial charge >= 0.3 is 0 Å². The minimum atomic E-state index is 0.313. The summed E-state index contributed by atoms with van der Waals surface area (Å²) in [5.41, 5.74) is 1.49. The van der Waals surface area contributed by atoms with Gasteiger partial charge in [0.05, 0.1) is 0 Å². The smallest absolute Gasteiger partial charge is 0.225 e. The van der Waals surface area contributed by atoms with Crippen LogP contribution in [0.15, 0.2) is 16.8 Å². The molecule has 0 unspecified atom stereocenters. The van der Waals surface area contributed by atoms with Gasteiger partial charge in [-0.3, -0.25) is 9.69 Å². The SMILES string of the molecule is O=C(C1CCCCC1)N1C[C@H](c2ccsc2)[C@H]2CN(C3CCCC3)CC[C@H]21. The van der Waals surface area contributed by atoms with E-state index in [2.05, 4.69) is 26.6 Å². The van der Waals surface area contributed by atoms with Crippen LogP contribution in [0.25, 0.3) is 0 Å². The number of thiophene rings is 1. The molecule has 2 saturated heterocycles. The Morgan fingerprint density at radius 3 is 2.48 bits per heavy atom. The largest absolute Gasteiger partial charge is 0.338 e. The molecule has 148 valence electrons. The van der Waals surface area contributed by atoms with Gasteiger partial charge in [0.1, 0.15) is 0 Å². The van der Waals surface area contributed by atoms with Crippen LogP contribution in [0.2, 0.25) is 0 Å². The molecule has 2 saturated carbocycles. The Kier molecular flexibility index (Phi) is 5.30. The van der Waals surface area contributed by atoms with E-state index in [1.54, 1.807) is 0 Å². The second-order valence-corrected chi connectivity index (χ2v) is 10.2. The van der Waals surface area contributed by atoms with Crippen molar-refractivity contribution < 1.29 is 4.79 Å². The summed E-state index contributed by atoms with van der Waals surface area (Å²) in [5.74, 6) is 2.00. The lowest BCUT2D eigenvalue weighted by Gasteiger charge is -2.42. The highest BCUT2D eigenvalue weighted by Gasteiger charge is 2.48. The van der Waals surface area contributed by atoms with Gasteiger partial charge in [-0.2, -0.15) is 11.3 Å². The number of fused-ring (bicyclic) bond motifs is 1. The predicted octanol–water partition coefficient (Wildman–Crippen LogP) is 4.89. The zero-order valence-corrected chi connectivity index (χ0v) is 17.3. The second kappa shape index (κ2) is 7.87. The summed E-state index contributed by atoms with van der Waals surface area (Å²) >= 11 is 1.81. The number of hydrogen-bond donors (Lipinski definition) is 0. The molecule has 1 aromatic heterocycles. The molecule has 0 radical (unpaired) electrons. The van der Waals surface area contributed by atoms with E-state index in [1.807, 2.05) is 11.3 Å². The Morgan fingerprint density at radius 1 is 0.963 bits per heavy atom. The number of rotatable bonds is 3. The molecular weight excluding hydrogens is 352 g/mol. The van der Waals surface area contributed by atoms with Crippen LogP contribution in [0.5, 0.6) is 0 Å². The number of piperidine rings is 1. The van der Waals surface area contributed by atoms with Crippen LogP contribution < -0.4 is 0 Å². The first-order valence-corrected chi connectivity index (χ1v) is 12.3. The second-order valence-electron chi connectivity index (χ2n) is 9.44. The summed E-state index contributed by atoms with van der Waals surface area (Å²) in [7, 11) is 0. The van der Waals surface area contributed by atoms with Crippen molar-refractivity contribution in [1.82, 2.24) is 9.80 Å². The normalized spacial score (nSPS) is 33.5. The highest BCUT2D eigenvalue weighted by atomic mass is 32.1. The Labute approximate surface area is 168 Å². The number of nitrogens with zero attached hydrogens (tertiary/aromatic N) is 2. The molecule has 0 bridgehead atoms. The Hall–Kier alpha value is -0.870. The molecule has 4 aliphatic rings. The summed E-state index contributed by atoms with van der Waals surface area (Å²) in [6, 6.07) is 3.62. The number of carbonyl (C=O) groups is 1. The Morgan fingerprint density at radius 2 is 1.74 bits per heavy atom. The molecule has 0 N–H and O–H groups in total. The standard InChI is InChI=1S/C23H34N2OS/c26-23(17-6-2-1-3-7-17)25-15-20(18-11-13-27-16-18)21-14-24(12-10-22(21)25)19-8-4-5-9-19/h11,13,16-17,19-22H,1-10,12,14-15H2/t20-,21-,22-/m1/s1. The van der Waals surface area contributed by atoms with Gasteiger partial charge in [0.25, 0.3) is 0 Å². The van der Waals surface area contributed by atoms with Crippen molar-refractivity contribution >= 4 is 17.2 Å². The van der Waals surface area contributed by atoms with Crippen molar-refractivity contribution in [3.63, 3.8) is 0 Å². The van der Waals surface area contributed by atoms with Crippen molar-refractivity contribution in [3.05, 3.63) is 22.4 Å². The van der Waals surface area contributed by atoms with Crippen LogP contribution in [-0.4, -0.2) is 47.4 Å². The summed E-state index contributed by atoms with van der Waals surface area (Å²) < 4.78 is 0. The van der Waals surface area contributed by atoms with Crippen molar-refractivity contribution in [3.8, 4) is 0 Å². The van der Waals surface area contributed by atoms with E-state index >= 15 is 0 Å². The summed E-state index contributed by atoms with van der Waals surface area (Å²) in [4.78, 5) is 18.6. The van der Waals surface area contributed by atoms with Crippen LogP contribution in [0.3, 0.4) is 0 Å². The zero-order chi connectivity index (χ0) is 18.2. The molecule has 1 amide bonds. The van der Waals surface area contributed by atoms with E-state index in [1.165, 1.54) is 70.0 Å². The fourth-order valence-electron chi connectivity index (χ4n) is 6.54. The highest BCUT2D eigenvalue weighted by molar-refractivity contribution is 7.08. The van der Waals surface area contributed by atoms with Crippen LogP contribution in [-0.2, 0) is 4.79 Å². The van der Waals surface area contributed by atoms with Gasteiger partial charge in [-0.1, -0.05) is 32.1 Å². The van der Waals surface area contributed by atoms with E-state index in [0.29, 0.717) is 29.7 Å². The third-order valence-electron chi connectivity index (χ3n) is 8.01. The van der Waals surface area contributed by atoms with Crippen molar-refractivity contribution in [2.45, 2.75) is 82.2 Å². The number of carbonyl (C=O) groups excluding carboxylic acids is 1. The Bertz CT molecular complexity index is 633. The summed E-state index contributed by atoms with van der Waals surface area (Å²) in [5, 5.41) is 4.55. The average molecular weight is 387 g/mol. The van der Waals surface area contributed by atoms with Crippen LogP contribution in [0, 0.1) is 11.8 Å². The molecule has 3 atom stereocenters. The first-order chi connectivity index (χ1) is 13.3. The number of amides is 1. The maximum atomic E-state index is 13.4. The van der Waals surface area contributed by atoms with Crippen LogP contribution >= 0.6 is 11.3 Å². The molecule has 4 heteroatoms. The molecule has 0 aromatic carbocycles. The molecule has 4 fully saturated rings. The topological polar surface area (TPSA) is 23.6 Å². The van der Waals surface area contributed by atoms with Gasteiger partial charge in [-0.15, -0.1) is 0 Å². The first-order valence-electron chi connectivity index (χ1n) is 11.4. The summed E-state index contributed by atoms with van der Waals surface area (Å²) in [6.45, 7) is 3.39. The quantitative estimate of drug-likeness (QED) is 0.738. The predicted molar refractivity (Wildman–Crippen MR) is 111 cm³/mol. The van der Waals surface area contributed by atoms with Crippen molar-refractivity contribution in [1.29, 1.82) is 0 Å². The molecular formula is C23H34N2OS. The van der Waals surface area contributed by atoms with E-state index < -0.39 is 0 Å². The molecule has 3 nitrogen and oxygen atoms in total. The zero-order valence-electron chi connectivity index (χ0n) is 16.5. The first kappa shape index (κ1) is 18.2. The fourth-order valence-corrected chi connectivity index (χ4v) is 7.26. The number of hydrogen-bond acceptors (Lipinski definition) is 3. The van der Waals surface area contributed by atoms with Crippen molar-refractivity contribution in [2.24, 2.45) is 11.8 Å². The third-order valence-corrected chi connectivity index (χ3v) is 8.71. The minimum absolute atomic E-state index is 0.313. The van der Waals surface area contributed by atoms with E-state index in [0.717, 1.165) is 25.4 Å². The molecule has 3 heterocycles. The molecule has 1 aromatic rings. The third kappa shape index (κ3) is 3.48. The van der Waals surface area contributed by atoms with Gasteiger partial charge in [0, 0.05) is 49.5 Å². The molecule has 2 aliphatic carbocycles. The van der Waals surface area contributed by atoms with Gasteiger partial charge in [-0.25, -0.2) is 0 Å². The fraction of sp³-hybridized carbons (Fsp3) is 0.783.